The van der Waals surface area contributed by atoms with Gasteiger partial charge in [0.2, 0.25) is 5.91 Å². The molecule has 3 rings (SSSR count). The number of benzene rings is 1. The molecule has 0 aromatic heterocycles. The molecule has 1 aliphatic heterocycles. The second-order valence-corrected chi connectivity index (χ2v) is 5.74. The molecule has 0 fully saturated rings. The molecule has 1 N–H and O–H groups in total. The molecule has 1 aliphatic carbocycles. The third-order valence-corrected chi connectivity index (χ3v) is 3.96. The highest BCUT2D eigenvalue weighted by molar-refractivity contribution is 6.06. The molecule has 2 atom stereocenters. The van der Waals surface area contributed by atoms with Crippen molar-refractivity contribution in [3.63, 3.8) is 0 Å². The summed E-state index contributed by atoms with van der Waals surface area (Å²) >= 11 is 0. The van der Waals surface area contributed by atoms with Gasteiger partial charge in [-0.25, -0.2) is 14.2 Å². The van der Waals surface area contributed by atoms with Crippen LogP contribution in [0, 0.1) is 5.82 Å². The number of amides is 1. The Balaban J connectivity index is 1.89. The fourth-order valence-corrected chi connectivity index (χ4v) is 2.83. The lowest BCUT2D eigenvalue weighted by Gasteiger charge is -2.30. The number of carbonyl (C=O) groups excluding carboxylic acids is 1. The number of nitrogens with zero attached hydrogens (tertiary/aromatic N) is 1. The van der Waals surface area contributed by atoms with Crippen LogP contribution in [0.3, 0.4) is 0 Å². The van der Waals surface area contributed by atoms with Gasteiger partial charge in [0, 0.05) is 18.8 Å². The molecule has 0 spiro atoms. The van der Waals surface area contributed by atoms with E-state index in [0.717, 1.165) is 0 Å². The maximum absolute atomic E-state index is 15.0. The molecule has 0 radical (unpaired) electrons. The van der Waals surface area contributed by atoms with Crippen molar-refractivity contribution in [2.45, 2.75) is 31.4 Å². The zero-order chi connectivity index (χ0) is 15.7. The average molecular weight is 302 g/mol. The fraction of sp³-hybridized carbons (Fsp3) is 0.294. The zero-order valence-electron chi connectivity index (χ0n) is 12.1. The molecule has 3 nitrogen and oxygen atoms in total. The maximum atomic E-state index is 15.0. The number of nitrogens with one attached hydrogen (secondary N) is 1. The fourth-order valence-electron chi connectivity index (χ4n) is 2.83. The molecular weight excluding hydrogens is 286 g/mol. The number of hydrazone groups is 1. The van der Waals surface area contributed by atoms with Crippen molar-refractivity contribution in [2.24, 2.45) is 5.10 Å². The lowest BCUT2D eigenvalue weighted by Crippen LogP contribution is -2.31. The number of hydrogen-bond acceptors (Lipinski definition) is 2. The topological polar surface area (TPSA) is 41.5 Å². The molecule has 0 saturated heterocycles. The highest BCUT2D eigenvalue weighted by Gasteiger charge is 2.35. The minimum Gasteiger partial charge on any atom is -0.273 e. The van der Waals surface area contributed by atoms with E-state index in [0.29, 0.717) is 29.7 Å². The van der Waals surface area contributed by atoms with Crippen LogP contribution in [0.1, 0.15) is 31.2 Å². The summed E-state index contributed by atoms with van der Waals surface area (Å²) in [6.07, 6.45) is 5.85. The molecule has 1 aromatic rings. The normalized spacial score (nSPS) is 28.0. The molecule has 1 amide bonds. The molecule has 2 aliphatic rings. The van der Waals surface area contributed by atoms with Gasteiger partial charge in [-0.05, 0) is 36.3 Å². The number of halogens is 2. The maximum Gasteiger partial charge on any atom is 0.240 e. The minimum atomic E-state index is -1.65. The first-order chi connectivity index (χ1) is 10.5. The first kappa shape index (κ1) is 14.6. The van der Waals surface area contributed by atoms with Crippen LogP contribution in [0.4, 0.5) is 8.78 Å². The van der Waals surface area contributed by atoms with Crippen molar-refractivity contribution in [2.75, 3.05) is 0 Å². The van der Waals surface area contributed by atoms with Crippen LogP contribution in [0.25, 0.3) is 0 Å². The van der Waals surface area contributed by atoms with Crippen LogP contribution in [-0.2, 0) is 4.79 Å². The molecule has 0 saturated carbocycles. The smallest absolute Gasteiger partial charge is 0.240 e. The first-order valence-corrected chi connectivity index (χ1v) is 7.17. The Morgan fingerprint density at radius 3 is 2.82 bits per heavy atom. The predicted molar refractivity (Wildman–Crippen MR) is 80.7 cm³/mol. The molecule has 5 heteroatoms. The SMILES string of the molecule is CC1(F)C=C(C2=NNC(=O)CC2)C=CC1c1cccc(F)c1. The van der Waals surface area contributed by atoms with Crippen molar-refractivity contribution in [1.29, 1.82) is 0 Å². The molecular formula is C17H16F2N2O. The molecule has 1 aromatic carbocycles. The Morgan fingerprint density at radius 1 is 1.36 bits per heavy atom. The van der Waals surface area contributed by atoms with Gasteiger partial charge in [-0.15, -0.1) is 0 Å². The van der Waals surface area contributed by atoms with Gasteiger partial charge in [0.25, 0.3) is 0 Å². The lowest BCUT2D eigenvalue weighted by molar-refractivity contribution is -0.121. The molecule has 1 heterocycles. The van der Waals surface area contributed by atoms with Crippen LogP contribution >= 0.6 is 0 Å². The summed E-state index contributed by atoms with van der Waals surface area (Å²) in [6.45, 7) is 1.47. The van der Waals surface area contributed by atoms with E-state index >= 15 is 4.39 Å². The highest BCUT2D eigenvalue weighted by atomic mass is 19.1. The molecule has 114 valence electrons. The summed E-state index contributed by atoms with van der Waals surface area (Å²) in [6, 6.07) is 5.98. The average Bonchev–Trinajstić information content (AvgIpc) is 2.47. The van der Waals surface area contributed by atoms with Crippen LogP contribution < -0.4 is 5.43 Å². The Morgan fingerprint density at radius 2 is 2.18 bits per heavy atom. The van der Waals surface area contributed by atoms with E-state index in [1.807, 2.05) is 0 Å². The van der Waals surface area contributed by atoms with Crippen LogP contribution in [0.2, 0.25) is 0 Å². The van der Waals surface area contributed by atoms with E-state index in [1.165, 1.54) is 25.1 Å². The Hall–Kier alpha value is -2.30. The third-order valence-electron chi connectivity index (χ3n) is 3.96. The van der Waals surface area contributed by atoms with Crippen molar-refractivity contribution >= 4 is 11.6 Å². The van der Waals surface area contributed by atoms with Gasteiger partial charge in [0.05, 0.1) is 5.71 Å². The second-order valence-electron chi connectivity index (χ2n) is 5.74. The van der Waals surface area contributed by atoms with E-state index in [-0.39, 0.29) is 11.7 Å². The van der Waals surface area contributed by atoms with Gasteiger partial charge in [0.15, 0.2) is 0 Å². The van der Waals surface area contributed by atoms with Crippen LogP contribution in [-0.4, -0.2) is 17.3 Å². The largest absolute Gasteiger partial charge is 0.273 e. The van der Waals surface area contributed by atoms with E-state index in [9.17, 15) is 9.18 Å². The summed E-state index contributed by atoms with van der Waals surface area (Å²) in [4.78, 5) is 11.1. The van der Waals surface area contributed by atoms with Gasteiger partial charge in [-0.2, -0.15) is 5.10 Å². The van der Waals surface area contributed by atoms with Crippen LogP contribution in [0.5, 0.6) is 0 Å². The first-order valence-electron chi connectivity index (χ1n) is 7.17. The van der Waals surface area contributed by atoms with E-state index in [1.54, 1.807) is 24.3 Å². The van der Waals surface area contributed by atoms with Crippen LogP contribution in [0.15, 0.2) is 53.2 Å². The number of allylic oxidation sites excluding steroid dienone is 4. The summed E-state index contributed by atoms with van der Waals surface area (Å²) in [5.41, 5.74) is 2.68. The van der Waals surface area contributed by atoms with Gasteiger partial charge in [-0.3, -0.25) is 4.79 Å². The second kappa shape index (κ2) is 5.48. The van der Waals surface area contributed by atoms with Crippen molar-refractivity contribution in [1.82, 2.24) is 5.43 Å². The van der Waals surface area contributed by atoms with Crippen molar-refractivity contribution in [3.05, 3.63) is 59.4 Å². The van der Waals surface area contributed by atoms with Gasteiger partial charge in [0.1, 0.15) is 11.5 Å². The number of alkyl halides is 1. The molecule has 2 unspecified atom stereocenters. The molecule has 22 heavy (non-hydrogen) atoms. The number of rotatable bonds is 2. The summed E-state index contributed by atoms with van der Waals surface area (Å²) in [5.74, 6) is -1.06. The highest BCUT2D eigenvalue weighted by Crippen LogP contribution is 2.39. The summed E-state index contributed by atoms with van der Waals surface area (Å²) in [7, 11) is 0. The minimum absolute atomic E-state index is 0.134. The van der Waals surface area contributed by atoms with E-state index in [2.05, 4.69) is 10.5 Å². The number of carbonyl (C=O) groups is 1. The Labute approximate surface area is 127 Å². The number of hydrogen-bond donors (Lipinski definition) is 1. The van der Waals surface area contributed by atoms with Crippen molar-refractivity contribution in [3.8, 4) is 0 Å². The zero-order valence-corrected chi connectivity index (χ0v) is 12.1. The lowest BCUT2D eigenvalue weighted by atomic mass is 9.79. The predicted octanol–water partition coefficient (Wildman–Crippen LogP) is 3.40. The monoisotopic (exact) mass is 302 g/mol. The van der Waals surface area contributed by atoms with E-state index in [4.69, 9.17) is 0 Å². The van der Waals surface area contributed by atoms with Gasteiger partial charge < -0.3 is 0 Å². The Kier molecular flexibility index (Phi) is 3.64. The quantitative estimate of drug-likeness (QED) is 0.894. The van der Waals surface area contributed by atoms with Gasteiger partial charge >= 0.3 is 0 Å². The van der Waals surface area contributed by atoms with Crippen molar-refractivity contribution < 1.29 is 13.6 Å². The Bertz CT molecular complexity index is 704. The summed E-state index contributed by atoms with van der Waals surface area (Å²) < 4.78 is 28.4. The third kappa shape index (κ3) is 2.84. The van der Waals surface area contributed by atoms with E-state index < -0.39 is 11.6 Å². The molecule has 0 bridgehead atoms. The standard InChI is InChI=1S/C17H16F2N2O/c1-17(19)10-12(15-7-8-16(22)21-20-15)5-6-14(17)11-3-2-4-13(18)9-11/h2-6,9-10,14H,7-8H2,1H3,(H,21,22). The van der Waals surface area contributed by atoms with Gasteiger partial charge in [-0.1, -0.05) is 24.3 Å². The summed E-state index contributed by atoms with van der Waals surface area (Å²) in [5, 5.41) is 3.98.